The number of aryl methyl sites for hydroxylation is 1. The van der Waals surface area contributed by atoms with E-state index in [2.05, 4.69) is 23.3 Å². The summed E-state index contributed by atoms with van der Waals surface area (Å²) in [5, 5.41) is 16.2. The minimum Gasteiger partial charge on any atom is -0.362 e. The lowest BCUT2D eigenvalue weighted by Crippen LogP contribution is -2.10. The van der Waals surface area contributed by atoms with E-state index in [4.69, 9.17) is 0 Å². The van der Waals surface area contributed by atoms with Gasteiger partial charge in [-0.2, -0.15) is 0 Å². The van der Waals surface area contributed by atoms with Gasteiger partial charge in [0, 0.05) is 10.4 Å². The molecule has 0 radical (unpaired) electrons. The summed E-state index contributed by atoms with van der Waals surface area (Å²) < 4.78 is 0. The summed E-state index contributed by atoms with van der Waals surface area (Å²) in [6, 6.07) is 6.05. The minimum absolute atomic E-state index is 0.0544. The third kappa shape index (κ3) is 3.33. The van der Waals surface area contributed by atoms with E-state index < -0.39 is 4.92 Å². The second kappa shape index (κ2) is 6.47. The zero-order valence-electron chi connectivity index (χ0n) is 11.5. The number of nitrogens with zero attached hydrogens (tertiary/aromatic N) is 2. The molecule has 6 heteroatoms. The number of hydrogen-bond donors (Lipinski definition) is 1. The molecule has 1 unspecified atom stereocenters. The molecular formula is C14H17N3O2S. The van der Waals surface area contributed by atoms with E-state index in [1.165, 1.54) is 11.1 Å². The Morgan fingerprint density at radius 3 is 2.90 bits per heavy atom. The van der Waals surface area contributed by atoms with Gasteiger partial charge in [-0.3, -0.25) is 10.1 Å². The highest BCUT2D eigenvalue weighted by molar-refractivity contribution is 7.10. The number of aromatic nitrogens is 1. The second-order valence-corrected chi connectivity index (χ2v) is 5.59. The number of anilines is 1. The molecule has 0 saturated carbocycles. The van der Waals surface area contributed by atoms with E-state index in [0.29, 0.717) is 11.4 Å². The SMILES string of the molecule is CCCC(Nc1cc(C)c([N+](=O)[O-])cn1)c1cccs1. The highest BCUT2D eigenvalue weighted by Crippen LogP contribution is 2.28. The Balaban J connectivity index is 2.19. The number of nitro groups is 1. The van der Waals surface area contributed by atoms with Crippen LogP contribution in [0.5, 0.6) is 0 Å². The molecule has 0 aliphatic heterocycles. The zero-order valence-corrected chi connectivity index (χ0v) is 12.3. The van der Waals surface area contributed by atoms with Crippen LogP contribution in [0.25, 0.3) is 0 Å². The van der Waals surface area contributed by atoms with Crippen molar-refractivity contribution >= 4 is 22.8 Å². The largest absolute Gasteiger partial charge is 0.362 e. The fourth-order valence-corrected chi connectivity index (χ4v) is 2.87. The first kappa shape index (κ1) is 14.5. The molecule has 5 nitrogen and oxygen atoms in total. The van der Waals surface area contributed by atoms with Gasteiger partial charge in [-0.05, 0) is 30.9 Å². The smallest absolute Gasteiger partial charge is 0.290 e. The summed E-state index contributed by atoms with van der Waals surface area (Å²) in [6.07, 6.45) is 3.37. The van der Waals surface area contributed by atoms with Crippen LogP contribution in [-0.2, 0) is 0 Å². The molecule has 0 bridgehead atoms. The van der Waals surface area contributed by atoms with Crippen LogP contribution >= 0.6 is 11.3 Å². The van der Waals surface area contributed by atoms with Gasteiger partial charge in [0.2, 0.25) is 0 Å². The van der Waals surface area contributed by atoms with Crippen molar-refractivity contribution in [3.8, 4) is 0 Å². The van der Waals surface area contributed by atoms with E-state index in [0.717, 1.165) is 12.8 Å². The molecule has 0 amide bonds. The summed E-state index contributed by atoms with van der Waals surface area (Å²) in [7, 11) is 0. The summed E-state index contributed by atoms with van der Waals surface area (Å²) in [6.45, 7) is 3.86. The third-order valence-corrected chi connectivity index (χ3v) is 4.05. The van der Waals surface area contributed by atoms with Gasteiger partial charge in [0.25, 0.3) is 5.69 Å². The van der Waals surface area contributed by atoms with E-state index in [1.54, 1.807) is 24.3 Å². The lowest BCUT2D eigenvalue weighted by Gasteiger charge is -2.17. The molecule has 2 heterocycles. The number of rotatable bonds is 6. The van der Waals surface area contributed by atoms with Crippen molar-refractivity contribution in [3.63, 3.8) is 0 Å². The zero-order chi connectivity index (χ0) is 14.5. The Hall–Kier alpha value is -1.95. The normalized spacial score (nSPS) is 12.1. The third-order valence-electron chi connectivity index (χ3n) is 3.07. The van der Waals surface area contributed by atoms with Crippen LogP contribution in [-0.4, -0.2) is 9.91 Å². The molecule has 106 valence electrons. The fourth-order valence-electron chi connectivity index (χ4n) is 2.06. The van der Waals surface area contributed by atoms with Crippen LogP contribution in [0.4, 0.5) is 11.5 Å². The topological polar surface area (TPSA) is 68.1 Å². The van der Waals surface area contributed by atoms with Crippen LogP contribution in [0, 0.1) is 17.0 Å². The van der Waals surface area contributed by atoms with Gasteiger partial charge in [-0.15, -0.1) is 11.3 Å². The summed E-state index contributed by atoms with van der Waals surface area (Å²) in [4.78, 5) is 15.8. The number of hydrogen-bond acceptors (Lipinski definition) is 5. The summed E-state index contributed by atoms with van der Waals surface area (Å²) in [5.74, 6) is 0.681. The van der Waals surface area contributed by atoms with Gasteiger partial charge in [0.1, 0.15) is 12.0 Å². The lowest BCUT2D eigenvalue weighted by molar-refractivity contribution is -0.385. The van der Waals surface area contributed by atoms with E-state index in [-0.39, 0.29) is 11.7 Å². The van der Waals surface area contributed by atoms with Crippen LogP contribution in [0.2, 0.25) is 0 Å². The predicted molar refractivity (Wildman–Crippen MR) is 81.2 cm³/mol. The molecular weight excluding hydrogens is 274 g/mol. The maximum Gasteiger partial charge on any atom is 0.290 e. The Morgan fingerprint density at radius 2 is 2.35 bits per heavy atom. The quantitative estimate of drug-likeness (QED) is 0.636. The first-order valence-electron chi connectivity index (χ1n) is 6.52. The van der Waals surface area contributed by atoms with E-state index >= 15 is 0 Å². The van der Waals surface area contributed by atoms with E-state index in [9.17, 15) is 10.1 Å². The summed E-state index contributed by atoms with van der Waals surface area (Å²) in [5.41, 5.74) is 0.674. The maximum atomic E-state index is 10.8. The molecule has 0 aliphatic rings. The minimum atomic E-state index is -0.408. The van der Waals surface area contributed by atoms with Crippen LogP contribution in [0.15, 0.2) is 29.8 Å². The van der Waals surface area contributed by atoms with Crippen molar-refractivity contribution in [1.29, 1.82) is 0 Å². The number of pyridine rings is 1. The van der Waals surface area contributed by atoms with Crippen LogP contribution in [0.1, 0.15) is 36.2 Å². The first-order chi connectivity index (χ1) is 9.61. The summed E-state index contributed by atoms with van der Waals surface area (Å²) >= 11 is 1.70. The molecule has 20 heavy (non-hydrogen) atoms. The van der Waals surface area contributed by atoms with Gasteiger partial charge >= 0.3 is 0 Å². The fraction of sp³-hybridized carbons (Fsp3) is 0.357. The van der Waals surface area contributed by atoms with Gasteiger partial charge in [0.15, 0.2) is 0 Å². The first-order valence-corrected chi connectivity index (χ1v) is 7.40. The van der Waals surface area contributed by atoms with Crippen molar-refractivity contribution < 1.29 is 4.92 Å². The molecule has 2 rings (SSSR count). The average molecular weight is 291 g/mol. The molecule has 1 N–H and O–H groups in total. The predicted octanol–water partition coefficient (Wildman–Crippen LogP) is 4.31. The Bertz CT molecular complexity index is 584. The monoisotopic (exact) mass is 291 g/mol. The van der Waals surface area contributed by atoms with Gasteiger partial charge in [0.05, 0.1) is 11.0 Å². The molecule has 0 saturated heterocycles. The molecule has 0 aliphatic carbocycles. The van der Waals surface area contributed by atoms with E-state index in [1.807, 2.05) is 11.4 Å². The molecule has 2 aromatic heterocycles. The molecule has 2 aromatic rings. The average Bonchev–Trinajstić information content (AvgIpc) is 2.91. The van der Waals surface area contributed by atoms with Crippen molar-refractivity contribution in [2.75, 3.05) is 5.32 Å². The standard InChI is InChI=1S/C14H17N3O2S/c1-3-5-11(13-6-4-7-20-13)16-14-8-10(2)12(9-15-14)17(18)19/h4,6-9,11H,3,5H2,1-2H3,(H,15,16). The van der Waals surface area contributed by atoms with Crippen LogP contribution < -0.4 is 5.32 Å². The van der Waals surface area contributed by atoms with Crippen molar-refractivity contribution in [2.45, 2.75) is 32.7 Å². The lowest BCUT2D eigenvalue weighted by atomic mass is 10.1. The molecule has 1 atom stereocenters. The van der Waals surface area contributed by atoms with Crippen molar-refractivity contribution in [3.05, 3.63) is 50.3 Å². The van der Waals surface area contributed by atoms with Gasteiger partial charge < -0.3 is 5.32 Å². The van der Waals surface area contributed by atoms with Gasteiger partial charge in [-0.1, -0.05) is 19.4 Å². The van der Waals surface area contributed by atoms with Crippen molar-refractivity contribution in [2.24, 2.45) is 0 Å². The highest BCUT2D eigenvalue weighted by Gasteiger charge is 2.15. The van der Waals surface area contributed by atoms with Crippen LogP contribution in [0.3, 0.4) is 0 Å². The number of nitrogens with one attached hydrogen (secondary N) is 1. The maximum absolute atomic E-state index is 10.8. The molecule has 0 fully saturated rings. The Labute approximate surface area is 121 Å². The Kier molecular flexibility index (Phi) is 4.68. The second-order valence-electron chi connectivity index (χ2n) is 4.61. The van der Waals surface area contributed by atoms with Crippen molar-refractivity contribution in [1.82, 2.24) is 4.98 Å². The molecule has 0 spiro atoms. The molecule has 0 aromatic carbocycles. The number of thiophene rings is 1. The highest BCUT2D eigenvalue weighted by atomic mass is 32.1. The Morgan fingerprint density at radius 1 is 1.55 bits per heavy atom. The van der Waals surface area contributed by atoms with Gasteiger partial charge in [-0.25, -0.2) is 4.98 Å².